The van der Waals surface area contributed by atoms with Gasteiger partial charge in [0, 0.05) is 9.50 Å². The van der Waals surface area contributed by atoms with Crippen LogP contribution in [0.15, 0.2) is 28.7 Å². The molecule has 0 saturated heterocycles. The monoisotopic (exact) mass is 244 g/mol. The average Bonchev–Trinajstić information content (AvgIpc) is 2.07. The van der Waals surface area contributed by atoms with Gasteiger partial charge in [0.2, 0.25) is 0 Å². The lowest BCUT2D eigenvalue weighted by molar-refractivity contribution is -0.104. The largest absolute Gasteiger partial charge is 0.299 e. The minimum atomic E-state index is 0.635. The zero-order valence-corrected chi connectivity index (χ0v) is 8.47. The van der Waals surface area contributed by atoms with Crippen molar-refractivity contribution in [2.24, 2.45) is 0 Å². The minimum absolute atomic E-state index is 0.635. The molecule has 0 aliphatic heterocycles. The van der Waals surface area contributed by atoms with E-state index < -0.39 is 0 Å². The maximum atomic E-state index is 10.0. The van der Waals surface area contributed by atoms with E-state index in [0.29, 0.717) is 5.02 Å². The fourth-order valence-corrected chi connectivity index (χ4v) is 1.34. The van der Waals surface area contributed by atoms with E-state index in [1.54, 1.807) is 12.1 Å². The highest BCUT2D eigenvalue weighted by atomic mass is 79.9. The highest BCUT2D eigenvalue weighted by Crippen LogP contribution is 2.21. The van der Waals surface area contributed by atoms with Crippen LogP contribution in [0.1, 0.15) is 5.56 Å². The Morgan fingerprint density at radius 2 is 2.17 bits per heavy atom. The van der Waals surface area contributed by atoms with Gasteiger partial charge in [0.1, 0.15) is 6.29 Å². The molecule has 0 aliphatic carbocycles. The number of aldehydes is 1. The van der Waals surface area contributed by atoms with Crippen LogP contribution in [0.25, 0.3) is 6.08 Å². The third kappa shape index (κ3) is 2.47. The van der Waals surface area contributed by atoms with Gasteiger partial charge < -0.3 is 0 Å². The predicted molar refractivity (Wildman–Crippen MR) is 54.3 cm³/mol. The van der Waals surface area contributed by atoms with E-state index in [1.807, 2.05) is 12.1 Å². The lowest BCUT2D eigenvalue weighted by Gasteiger charge is -1.97. The first-order valence-electron chi connectivity index (χ1n) is 3.31. The Balaban J connectivity index is 3.04. The van der Waals surface area contributed by atoms with Gasteiger partial charge in [0.25, 0.3) is 0 Å². The van der Waals surface area contributed by atoms with Crippen LogP contribution < -0.4 is 0 Å². The topological polar surface area (TPSA) is 17.1 Å². The molecule has 1 aromatic rings. The Hall–Kier alpha value is -0.600. The van der Waals surface area contributed by atoms with Gasteiger partial charge in [-0.3, -0.25) is 4.79 Å². The maximum absolute atomic E-state index is 10.0. The number of carbonyl (C=O) groups excluding carboxylic acids is 1. The minimum Gasteiger partial charge on any atom is -0.299 e. The van der Waals surface area contributed by atoms with E-state index in [9.17, 15) is 4.79 Å². The molecule has 62 valence electrons. The van der Waals surface area contributed by atoms with Gasteiger partial charge in [-0.25, -0.2) is 0 Å². The summed E-state index contributed by atoms with van der Waals surface area (Å²) < 4.78 is 0.942. The Bertz CT molecular complexity index is 320. The van der Waals surface area contributed by atoms with Crippen molar-refractivity contribution in [2.45, 2.75) is 0 Å². The number of hydrogen-bond acceptors (Lipinski definition) is 1. The summed E-state index contributed by atoms with van der Waals surface area (Å²) in [4.78, 5) is 10.0. The van der Waals surface area contributed by atoms with E-state index in [0.717, 1.165) is 16.3 Å². The number of rotatable bonds is 2. The molecule has 12 heavy (non-hydrogen) atoms. The van der Waals surface area contributed by atoms with Crippen LogP contribution >= 0.6 is 27.5 Å². The molecule has 0 aromatic heterocycles. The SMILES string of the molecule is O=C/C=C/c1cc(Br)ccc1Cl. The van der Waals surface area contributed by atoms with Crippen LogP contribution in [0.4, 0.5) is 0 Å². The number of benzene rings is 1. The van der Waals surface area contributed by atoms with E-state index in [2.05, 4.69) is 15.9 Å². The number of allylic oxidation sites excluding steroid dienone is 1. The molecular weight excluding hydrogens is 239 g/mol. The molecular formula is C9H6BrClO. The zero-order valence-electron chi connectivity index (χ0n) is 6.13. The van der Waals surface area contributed by atoms with Crippen LogP contribution in [0.2, 0.25) is 5.02 Å². The van der Waals surface area contributed by atoms with E-state index in [1.165, 1.54) is 6.08 Å². The molecule has 0 bridgehead atoms. The Kier molecular flexibility index (Phi) is 3.50. The van der Waals surface area contributed by atoms with Gasteiger partial charge in [0.15, 0.2) is 0 Å². The van der Waals surface area contributed by atoms with E-state index >= 15 is 0 Å². The number of hydrogen-bond donors (Lipinski definition) is 0. The first-order chi connectivity index (χ1) is 5.74. The normalized spacial score (nSPS) is 10.5. The summed E-state index contributed by atoms with van der Waals surface area (Å²) in [5.74, 6) is 0. The van der Waals surface area contributed by atoms with Crippen LogP contribution in [0.5, 0.6) is 0 Å². The van der Waals surface area contributed by atoms with Crippen LogP contribution in [-0.2, 0) is 4.79 Å². The predicted octanol–water partition coefficient (Wildman–Crippen LogP) is 3.31. The van der Waals surface area contributed by atoms with Crippen molar-refractivity contribution in [3.8, 4) is 0 Å². The summed E-state index contributed by atoms with van der Waals surface area (Å²) in [5.41, 5.74) is 0.832. The first kappa shape index (κ1) is 9.49. The van der Waals surface area contributed by atoms with E-state index in [4.69, 9.17) is 11.6 Å². The molecule has 3 heteroatoms. The fourth-order valence-electron chi connectivity index (χ4n) is 0.785. The van der Waals surface area contributed by atoms with Gasteiger partial charge >= 0.3 is 0 Å². The molecule has 0 aliphatic rings. The average molecular weight is 246 g/mol. The van der Waals surface area contributed by atoms with Crippen LogP contribution in [-0.4, -0.2) is 6.29 Å². The summed E-state index contributed by atoms with van der Waals surface area (Å²) in [6.45, 7) is 0. The zero-order chi connectivity index (χ0) is 8.97. The van der Waals surface area contributed by atoms with Crippen molar-refractivity contribution < 1.29 is 4.79 Å². The maximum Gasteiger partial charge on any atom is 0.142 e. The van der Waals surface area contributed by atoms with Crippen LogP contribution in [0, 0.1) is 0 Å². The van der Waals surface area contributed by atoms with Gasteiger partial charge in [-0.1, -0.05) is 33.6 Å². The lowest BCUT2D eigenvalue weighted by Crippen LogP contribution is -1.75. The van der Waals surface area contributed by atoms with Crippen molar-refractivity contribution in [2.75, 3.05) is 0 Å². The molecule has 0 unspecified atom stereocenters. The van der Waals surface area contributed by atoms with Crippen molar-refractivity contribution in [3.05, 3.63) is 39.3 Å². The third-order valence-corrected chi connectivity index (χ3v) is 2.15. The van der Waals surface area contributed by atoms with E-state index in [-0.39, 0.29) is 0 Å². The molecule has 1 nitrogen and oxygen atoms in total. The van der Waals surface area contributed by atoms with Crippen LogP contribution in [0.3, 0.4) is 0 Å². The Morgan fingerprint density at radius 3 is 2.83 bits per heavy atom. The second kappa shape index (κ2) is 4.43. The molecule has 1 aromatic carbocycles. The molecule has 0 radical (unpaired) electrons. The molecule has 0 N–H and O–H groups in total. The Morgan fingerprint density at radius 1 is 1.42 bits per heavy atom. The summed E-state index contributed by atoms with van der Waals surface area (Å²) in [7, 11) is 0. The number of halogens is 2. The van der Waals surface area contributed by atoms with Gasteiger partial charge in [-0.05, 0) is 29.8 Å². The molecule has 0 spiro atoms. The highest BCUT2D eigenvalue weighted by molar-refractivity contribution is 9.10. The summed E-state index contributed by atoms with van der Waals surface area (Å²) >= 11 is 9.15. The van der Waals surface area contributed by atoms with Gasteiger partial charge in [-0.2, -0.15) is 0 Å². The molecule has 0 heterocycles. The van der Waals surface area contributed by atoms with Gasteiger partial charge in [0.05, 0.1) is 0 Å². The third-order valence-electron chi connectivity index (χ3n) is 1.31. The summed E-state index contributed by atoms with van der Waals surface area (Å²) in [6, 6.07) is 5.47. The second-order valence-electron chi connectivity index (χ2n) is 2.16. The molecule has 0 amide bonds. The molecule has 0 atom stereocenters. The molecule has 0 fully saturated rings. The Labute approximate surface area is 84.2 Å². The van der Waals surface area contributed by atoms with Gasteiger partial charge in [-0.15, -0.1) is 0 Å². The standard InChI is InChI=1S/C9H6BrClO/c10-8-3-4-9(11)7(6-8)2-1-5-12/h1-6H/b2-1+. The van der Waals surface area contributed by atoms with Crippen molar-refractivity contribution >= 4 is 39.9 Å². The second-order valence-corrected chi connectivity index (χ2v) is 3.48. The van der Waals surface area contributed by atoms with Crippen molar-refractivity contribution in [1.82, 2.24) is 0 Å². The van der Waals surface area contributed by atoms with Crippen molar-refractivity contribution in [3.63, 3.8) is 0 Å². The summed E-state index contributed by atoms with van der Waals surface area (Å²) in [5, 5.41) is 0.635. The fraction of sp³-hybridized carbons (Fsp3) is 0. The molecule has 0 saturated carbocycles. The highest BCUT2D eigenvalue weighted by Gasteiger charge is 1.95. The first-order valence-corrected chi connectivity index (χ1v) is 4.48. The molecule has 1 rings (SSSR count). The quantitative estimate of drug-likeness (QED) is 0.577. The summed E-state index contributed by atoms with van der Waals surface area (Å²) in [6.07, 6.45) is 3.80. The lowest BCUT2D eigenvalue weighted by atomic mass is 10.2. The van der Waals surface area contributed by atoms with Crippen molar-refractivity contribution in [1.29, 1.82) is 0 Å². The smallest absolute Gasteiger partial charge is 0.142 e. The number of carbonyl (C=O) groups is 1.